The highest BCUT2D eigenvalue weighted by molar-refractivity contribution is 8.05. The number of phenolic OH excluding ortho intramolecular Hbond substituents is 1. The Morgan fingerprint density at radius 2 is 0.930 bits per heavy atom. The van der Waals surface area contributed by atoms with Crippen LogP contribution in [0.5, 0.6) is 23.0 Å². The van der Waals surface area contributed by atoms with Crippen LogP contribution in [0.2, 0.25) is 0 Å². The van der Waals surface area contributed by atoms with Gasteiger partial charge in [0.2, 0.25) is 40.7 Å². The molecule has 384 valence electrons. The van der Waals surface area contributed by atoms with E-state index in [4.69, 9.17) is 51.8 Å². The summed E-state index contributed by atoms with van der Waals surface area (Å²) in [5, 5.41) is 10.5. The predicted molar refractivity (Wildman–Crippen MR) is 247 cm³/mol. The first-order valence-corrected chi connectivity index (χ1v) is 24.6. The van der Waals surface area contributed by atoms with Gasteiger partial charge in [0.05, 0.1) is 0 Å². The summed E-state index contributed by atoms with van der Waals surface area (Å²) in [5.74, 6) is -22.7. The van der Waals surface area contributed by atoms with Crippen molar-refractivity contribution in [1.29, 1.82) is 0 Å². The van der Waals surface area contributed by atoms with Gasteiger partial charge in [0.1, 0.15) is 36.8 Å². The zero-order valence-corrected chi connectivity index (χ0v) is 40.9. The molecular weight excluding hydrogens is 1070 g/mol. The smallest absolute Gasteiger partial charge is 0.503 e. The van der Waals surface area contributed by atoms with Crippen LogP contribution in [-0.2, 0) is 41.4 Å². The van der Waals surface area contributed by atoms with Crippen molar-refractivity contribution in [2.24, 2.45) is 5.73 Å². The average Bonchev–Trinajstić information content (AvgIpc) is 3.34. The number of hydrogen-bond acceptors (Lipinski definition) is 11. The number of rotatable bonds is 14. The van der Waals surface area contributed by atoms with Crippen LogP contribution in [0.4, 0.5) is 39.5 Å². The standard InChI is InChI=1S/C23H20F4NO5P.C10H13NO2.C6H5Cl2O2P.C6HF5O.ClH/c1-14-18(24)20(26)21(27)22(19(14)25)33-34(30,32-17-11-7-4-8-12-17)28-15(2)23(29)31-13-16-9-5-3-6-10-16;1-8(11)10(12)13-7-9-5-3-2-4-6-9;7-11(8,9)10-6-4-2-1-3-5-6;7-1-2(8)4(10)6(12)5(11)3(1)9;/h3-12,15H,13H2,1-2H3,(H,28,30);2-6,8H,7,11H2,1H3;1-5H;12H;1H/t15-,34?;8-;;;/m00.../s1. The van der Waals surface area contributed by atoms with Crippen LogP contribution >= 0.6 is 48.7 Å². The molecule has 0 radical (unpaired) electrons. The summed E-state index contributed by atoms with van der Waals surface area (Å²) in [4.78, 5) is 23.4. The molecule has 0 aliphatic carbocycles. The molecule has 0 saturated heterocycles. The lowest BCUT2D eigenvalue weighted by Gasteiger charge is -2.24. The van der Waals surface area contributed by atoms with E-state index in [1.54, 1.807) is 73.7 Å². The number of aromatic hydroxyl groups is 1. The molecular formula is C45H40Cl3F9N2O10P2. The van der Waals surface area contributed by atoms with Gasteiger partial charge in [-0.3, -0.25) is 9.59 Å². The third-order valence-corrected chi connectivity index (χ3v) is 10.7. The Hall–Kier alpha value is -5.92. The van der Waals surface area contributed by atoms with Crippen molar-refractivity contribution in [1.82, 2.24) is 5.09 Å². The molecule has 6 rings (SSSR count). The molecule has 26 heteroatoms. The Balaban J connectivity index is 0.000000380. The Morgan fingerprint density at radius 3 is 1.34 bits per heavy atom. The maximum absolute atomic E-state index is 14.5. The zero-order chi connectivity index (χ0) is 52.3. The molecule has 71 heavy (non-hydrogen) atoms. The van der Waals surface area contributed by atoms with E-state index in [2.05, 4.69) is 9.61 Å². The number of carbonyl (C=O) groups excluding carboxylic acids is 2. The summed E-state index contributed by atoms with van der Waals surface area (Å²) in [6.45, 7) is 3.90. The molecule has 0 aromatic heterocycles. The number of phenols is 1. The van der Waals surface area contributed by atoms with E-state index < -0.39 is 101 Å². The van der Waals surface area contributed by atoms with Crippen molar-refractivity contribution < 1.29 is 86.4 Å². The highest BCUT2D eigenvalue weighted by atomic mass is 35.9. The number of hydrogen-bond donors (Lipinski definition) is 3. The molecule has 0 fully saturated rings. The summed E-state index contributed by atoms with van der Waals surface area (Å²) in [7, 11) is -4.80. The lowest BCUT2D eigenvalue weighted by molar-refractivity contribution is -0.147. The molecule has 1 unspecified atom stereocenters. The van der Waals surface area contributed by atoms with Crippen LogP contribution < -0.4 is 24.4 Å². The zero-order valence-electron chi connectivity index (χ0n) is 36.8. The fraction of sp³-hybridized carbons (Fsp3) is 0.156. The number of para-hydroxylation sites is 2. The summed E-state index contributed by atoms with van der Waals surface area (Å²) in [6.07, 6.45) is -3.44. The first-order valence-electron chi connectivity index (χ1n) is 19.6. The van der Waals surface area contributed by atoms with Crippen LogP contribution in [0.25, 0.3) is 0 Å². The molecule has 0 bridgehead atoms. The fourth-order valence-electron chi connectivity index (χ4n) is 4.82. The van der Waals surface area contributed by atoms with Gasteiger partial charge < -0.3 is 33.9 Å². The lowest BCUT2D eigenvalue weighted by Crippen LogP contribution is -2.36. The van der Waals surface area contributed by atoms with Gasteiger partial charge in [0.15, 0.2) is 23.2 Å². The van der Waals surface area contributed by atoms with E-state index in [9.17, 15) is 58.2 Å². The van der Waals surface area contributed by atoms with Gasteiger partial charge in [-0.05, 0) is 56.2 Å². The van der Waals surface area contributed by atoms with E-state index in [0.29, 0.717) is 17.9 Å². The highest BCUT2D eigenvalue weighted by Crippen LogP contribution is 2.57. The molecule has 0 aliphatic heterocycles. The number of nitrogens with two attached hydrogens (primary N) is 1. The minimum Gasteiger partial charge on any atom is -0.503 e. The fourth-order valence-corrected chi connectivity index (χ4v) is 7.18. The summed E-state index contributed by atoms with van der Waals surface area (Å²) in [6, 6.07) is 32.2. The minimum absolute atomic E-state index is 0. The van der Waals surface area contributed by atoms with E-state index in [1.165, 1.54) is 31.2 Å². The molecule has 4 N–H and O–H groups in total. The summed E-state index contributed by atoms with van der Waals surface area (Å²) >= 11 is 10.3. The molecule has 0 spiro atoms. The van der Waals surface area contributed by atoms with Crippen LogP contribution in [0.1, 0.15) is 30.5 Å². The summed E-state index contributed by atoms with van der Waals surface area (Å²) in [5.41, 5.74) is 6.09. The lowest BCUT2D eigenvalue weighted by atomic mass is 10.2. The van der Waals surface area contributed by atoms with E-state index in [0.717, 1.165) is 12.5 Å². The number of benzene rings is 6. The number of halogens is 12. The van der Waals surface area contributed by atoms with Gasteiger partial charge in [-0.15, -0.1) is 12.4 Å². The molecule has 0 aliphatic rings. The third-order valence-electron chi connectivity index (χ3n) is 8.29. The van der Waals surface area contributed by atoms with E-state index in [-0.39, 0.29) is 30.7 Å². The van der Waals surface area contributed by atoms with Gasteiger partial charge in [0, 0.05) is 28.0 Å². The van der Waals surface area contributed by atoms with Crippen LogP contribution in [0, 0.1) is 59.3 Å². The Bertz CT molecular complexity index is 2650. The molecule has 0 amide bonds. The van der Waals surface area contributed by atoms with Gasteiger partial charge in [-0.1, -0.05) is 97.1 Å². The number of nitrogens with one attached hydrogen (secondary N) is 1. The van der Waals surface area contributed by atoms with Crippen molar-refractivity contribution in [3.8, 4) is 23.0 Å². The van der Waals surface area contributed by atoms with E-state index >= 15 is 0 Å². The SMILES string of the molecule is C[C@H](N)C(=O)OCc1ccccc1.Cc1c(F)c(F)c(F)c(OP(=O)(N[C@@H](C)C(=O)OCc2ccccc2)Oc2ccccc2)c1F.Cl.O=P(Cl)(Cl)Oc1ccccc1.Oc1c(F)c(F)c(F)c(F)c1F. The Kier molecular flexibility index (Phi) is 24.8. The van der Waals surface area contributed by atoms with Gasteiger partial charge in [0.25, 0.3) is 0 Å². The second kappa shape index (κ2) is 28.8. The maximum atomic E-state index is 14.5. The molecule has 0 heterocycles. The molecule has 6 aromatic carbocycles. The summed E-state index contributed by atoms with van der Waals surface area (Å²) < 4.78 is 166. The molecule has 3 atom stereocenters. The number of esters is 2. The van der Waals surface area contributed by atoms with Crippen molar-refractivity contribution in [3.63, 3.8) is 0 Å². The van der Waals surface area contributed by atoms with Crippen molar-refractivity contribution in [2.75, 3.05) is 0 Å². The first kappa shape index (κ1) is 61.2. The van der Waals surface area contributed by atoms with Crippen LogP contribution in [-0.4, -0.2) is 29.1 Å². The molecule has 12 nitrogen and oxygen atoms in total. The predicted octanol–water partition coefficient (Wildman–Crippen LogP) is 13.1. The Morgan fingerprint density at radius 1 is 0.563 bits per heavy atom. The van der Waals surface area contributed by atoms with Crippen LogP contribution in [0.3, 0.4) is 0 Å². The van der Waals surface area contributed by atoms with E-state index in [1.807, 2.05) is 30.3 Å². The molecule has 0 saturated carbocycles. The van der Waals surface area contributed by atoms with Gasteiger partial charge in [-0.2, -0.15) is 18.3 Å². The third kappa shape index (κ3) is 19.7. The van der Waals surface area contributed by atoms with Gasteiger partial charge >= 0.3 is 25.8 Å². The molecule has 6 aromatic rings. The van der Waals surface area contributed by atoms with Gasteiger partial charge in [-0.25, -0.2) is 35.5 Å². The quantitative estimate of drug-likeness (QED) is 0.0310. The highest BCUT2D eigenvalue weighted by Gasteiger charge is 2.38. The van der Waals surface area contributed by atoms with Crippen molar-refractivity contribution >= 4 is 60.6 Å². The first-order chi connectivity index (χ1) is 32.9. The minimum atomic E-state index is -4.80. The maximum Gasteiger partial charge on any atom is 0.513 e. The van der Waals surface area contributed by atoms with Crippen LogP contribution in [0.15, 0.2) is 121 Å². The topological polar surface area (TPSA) is 173 Å². The normalized spacial score (nSPS) is 12.2. The van der Waals surface area contributed by atoms with Crippen molar-refractivity contribution in [3.05, 3.63) is 190 Å². The second-order valence-corrected chi connectivity index (χ2v) is 19.6. The van der Waals surface area contributed by atoms with Crippen molar-refractivity contribution in [2.45, 2.75) is 46.1 Å². The number of carbonyl (C=O) groups is 2. The monoisotopic (exact) mass is 1110 g/mol. The second-order valence-electron chi connectivity index (χ2n) is 13.8. The Labute approximate surface area is 415 Å². The largest absolute Gasteiger partial charge is 0.513 e. The number of ether oxygens (including phenoxy) is 2. The average molecular weight is 1110 g/mol.